The Bertz CT molecular complexity index is 1140. The van der Waals surface area contributed by atoms with Crippen LogP contribution in [0.15, 0.2) is 57.7 Å². The highest BCUT2D eigenvalue weighted by atomic mass is 32.1. The van der Waals surface area contributed by atoms with Gasteiger partial charge in [0.1, 0.15) is 5.58 Å². The zero-order valence-corrected chi connectivity index (χ0v) is 13.5. The molecule has 2 heterocycles. The van der Waals surface area contributed by atoms with Crippen LogP contribution in [0, 0.1) is 6.92 Å². The van der Waals surface area contributed by atoms with E-state index in [2.05, 4.69) is 10.3 Å². The van der Waals surface area contributed by atoms with E-state index in [4.69, 9.17) is 4.42 Å². The van der Waals surface area contributed by atoms with Crippen LogP contribution in [0.2, 0.25) is 0 Å². The molecule has 2 aromatic heterocycles. The quantitative estimate of drug-likeness (QED) is 0.601. The Morgan fingerprint density at radius 3 is 2.83 bits per heavy atom. The molecule has 0 aliphatic heterocycles. The smallest absolute Gasteiger partial charge is 0.293 e. The normalized spacial score (nSPS) is 11.0. The van der Waals surface area contributed by atoms with Gasteiger partial charge in [-0.1, -0.05) is 35.6 Å². The second-order valence-electron chi connectivity index (χ2n) is 5.37. The Morgan fingerprint density at radius 1 is 1.17 bits per heavy atom. The van der Waals surface area contributed by atoms with Crippen molar-refractivity contribution in [2.24, 2.45) is 0 Å². The maximum Gasteiger partial charge on any atom is 0.293 e. The standard InChI is InChI=1S/C18H12N2O3S/c1-10-5-4-8-15-16(10)19-18(24-15)20-17(22)14-9-12(21)11-6-2-3-7-13(11)23-14/h2-9H,1H3,(H,19,20,22). The molecule has 0 aliphatic carbocycles. The minimum atomic E-state index is -0.491. The summed E-state index contributed by atoms with van der Waals surface area (Å²) in [7, 11) is 0. The molecule has 4 rings (SSSR count). The van der Waals surface area contributed by atoms with Gasteiger partial charge < -0.3 is 4.42 Å². The summed E-state index contributed by atoms with van der Waals surface area (Å²) in [6, 6.07) is 13.9. The Hall–Kier alpha value is -2.99. The van der Waals surface area contributed by atoms with Crippen LogP contribution in [0.4, 0.5) is 5.13 Å². The Labute approximate surface area is 140 Å². The van der Waals surface area contributed by atoms with Gasteiger partial charge in [0.15, 0.2) is 16.3 Å². The van der Waals surface area contributed by atoms with Crippen LogP contribution in [0.25, 0.3) is 21.2 Å². The number of thiazole rings is 1. The zero-order valence-electron chi connectivity index (χ0n) is 12.7. The first kappa shape index (κ1) is 14.6. The van der Waals surface area contributed by atoms with Crippen LogP contribution < -0.4 is 10.7 Å². The molecule has 2 aromatic carbocycles. The first-order valence-electron chi connectivity index (χ1n) is 7.32. The highest BCUT2D eigenvalue weighted by Crippen LogP contribution is 2.28. The number of hydrogen-bond donors (Lipinski definition) is 1. The van der Waals surface area contributed by atoms with Gasteiger partial charge in [0.25, 0.3) is 5.91 Å². The minimum absolute atomic E-state index is 0.0327. The molecule has 6 heteroatoms. The van der Waals surface area contributed by atoms with Crippen LogP contribution in [0.3, 0.4) is 0 Å². The van der Waals surface area contributed by atoms with Crippen molar-refractivity contribution in [3.8, 4) is 0 Å². The molecule has 24 heavy (non-hydrogen) atoms. The summed E-state index contributed by atoms with van der Waals surface area (Å²) in [5.74, 6) is -0.524. The first-order chi connectivity index (χ1) is 11.6. The third kappa shape index (κ3) is 2.47. The number of aryl methyl sites for hydroxylation is 1. The number of fused-ring (bicyclic) bond motifs is 2. The van der Waals surface area contributed by atoms with Crippen LogP contribution in [0.5, 0.6) is 0 Å². The molecular weight excluding hydrogens is 324 g/mol. The van der Waals surface area contributed by atoms with Crippen LogP contribution in [0.1, 0.15) is 16.1 Å². The number of rotatable bonds is 2. The molecular formula is C18H12N2O3S. The van der Waals surface area contributed by atoms with Crippen molar-refractivity contribution >= 4 is 43.6 Å². The number of carbonyl (C=O) groups excluding carboxylic acids is 1. The number of nitrogens with zero attached hydrogens (tertiary/aromatic N) is 1. The SMILES string of the molecule is Cc1cccc2sc(NC(=O)c3cc(=O)c4ccccc4o3)nc12. The van der Waals surface area contributed by atoms with Gasteiger partial charge in [0.05, 0.1) is 15.6 Å². The van der Waals surface area contributed by atoms with Gasteiger partial charge in [-0.2, -0.15) is 0 Å². The van der Waals surface area contributed by atoms with Crippen molar-refractivity contribution in [1.29, 1.82) is 0 Å². The van der Waals surface area contributed by atoms with Crippen LogP contribution >= 0.6 is 11.3 Å². The van der Waals surface area contributed by atoms with Gasteiger partial charge in [-0.05, 0) is 30.7 Å². The predicted octanol–water partition coefficient (Wildman–Crippen LogP) is 3.96. The van der Waals surface area contributed by atoms with Crippen molar-refractivity contribution in [1.82, 2.24) is 4.98 Å². The second kappa shape index (κ2) is 5.58. The lowest BCUT2D eigenvalue weighted by Gasteiger charge is -2.02. The Morgan fingerprint density at radius 2 is 2.00 bits per heavy atom. The number of amides is 1. The molecule has 0 bridgehead atoms. The first-order valence-corrected chi connectivity index (χ1v) is 8.14. The molecule has 1 N–H and O–H groups in total. The number of carbonyl (C=O) groups is 1. The van der Waals surface area contributed by atoms with E-state index in [1.54, 1.807) is 24.3 Å². The number of para-hydroxylation sites is 2. The van der Waals surface area contributed by atoms with Crippen molar-refractivity contribution in [3.63, 3.8) is 0 Å². The van der Waals surface area contributed by atoms with E-state index in [9.17, 15) is 9.59 Å². The van der Waals surface area contributed by atoms with E-state index in [-0.39, 0.29) is 11.2 Å². The average molecular weight is 336 g/mol. The molecule has 0 radical (unpaired) electrons. The molecule has 0 fully saturated rings. The molecule has 0 spiro atoms. The summed E-state index contributed by atoms with van der Waals surface area (Å²) in [4.78, 5) is 28.9. The highest BCUT2D eigenvalue weighted by molar-refractivity contribution is 7.22. The van der Waals surface area contributed by atoms with Gasteiger partial charge in [-0.15, -0.1) is 0 Å². The van der Waals surface area contributed by atoms with Crippen molar-refractivity contribution in [2.45, 2.75) is 6.92 Å². The molecule has 118 valence electrons. The number of nitrogens with one attached hydrogen (secondary N) is 1. The summed E-state index contributed by atoms with van der Waals surface area (Å²) in [6.45, 7) is 1.97. The summed E-state index contributed by atoms with van der Waals surface area (Å²) < 4.78 is 6.53. The van der Waals surface area contributed by atoms with Gasteiger partial charge in [-0.25, -0.2) is 4.98 Å². The molecule has 0 atom stereocenters. The van der Waals surface area contributed by atoms with Crippen molar-refractivity contribution in [3.05, 3.63) is 70.1 Å². The minimum Gasteiger partial charge on any atom is -0.451 e. The summed E-state index contributed by atoms with van der Waals surface area (Å²) in [6.07, 6.45) is 0. The average Bonchev–Trinajstić information content (AvgIpc) is 2.99. The van der Waals surface area contributed by atoms with Gasteiger partial charge in [-0.3, -0.25) is 14.9 Å². The number of hydrogen-bond acceptors (Lipinski definition) is 5. The van der Waals surface area contributed by atoms with E-state index in [1.165, 1.54) is 17.4 Å². The molecule has 0 unspecified atom stereocenters. The van der Waals surface area contributed by atoms with E-state index in [0.29, 0.717) is 16.1 Å². The van der Waals surface area contributed by atoms with Crippen LogP contribution in [-0.4, -0.2) is 10.9 Å². The fourth-order valence-electron chi connectivity index (χ4n) is 2.51. The van der Waals surface area contributed by atoms with Gasteiger partial charge in [0, 0.05) is 6.07 Å². The number of aromatic nitrogens is 1. The van der Waals surface area contributed by atoms with E-state index in [1.807, 2.05) is 25.1 Å². The zero-order chi connectivity index (χ0) is 16.7. The van der Waals surface area contributed by atoms with Gasteiger partial charge in [0.2, 0.25) is 0 Å². The van der Waals surface area contributed by atoms with Crippen molar-refractivity contribution in [2.75, 3.05) is 5.32 Å². The lowest BCUT2D eigenvalue weighted by Crippen LogP contribution is -2.14. The molecule has 0 saturated heterocycles. The molecule has 0 saturated carbocycles. The summed E-state index contributed by atoms with van der Waals surface area (Å²) in [5.41, 5.74) is 2.04. The van der Waals surface area contributed by atoms with Crippen LogP contribution in [-0.2, 0) is 0 Å². The Kier molecular flexibility index (Phi) is 3.39. The molecule has 4 aromatic rings. The topological polar surface area (TPSA) is 72.2 Å². The van der Waals surface area contributed by atoms with E-state index >= 15 is 0 Å². The lowest BCUT2D eigenvalue weighted by atomic mass is 10.2. The summed E-state index contributed by atoms with van der Waals surface area (Å²) >= 11 is 1.38. The van der Waals surface area contributed by atoms with Crippen molar-refractivity contribution < 1.29 is 9.21 Å². The largest absolute Gasteiger partial charge is 0.451 e. The highest BCUT2D eigenvalue weighted by Gasteiger charge is 2.15. The fourth-order valence-corrected chi connectivity index (χ4v) is 3.45. The maximum atomic E-state index is 12.4. The third-order valence-electron chi connectivity index (χ3n) is 3.70. The molecule has 1 amide bonds. The maximum absolute atomic E-state index is 12.4. The number of anilines is 1. The third-order valence-corrected chi connectivity index (χ3v) is 4.64. The predicted molar refractivity (Wildman–Crippen MR) is 94.8 cm³/mol. The van der Waals surface area contributed by atoms with E-state index < -0.39 is 5.91 Å². The van der Waals surface area contributed by atoms with E-state index in [0.717, 1.165) is 15.8 Å². The molecule has 0 aliphatic rings. The monoisotopic (exact) mass is 336 g/mol. The lowest BCUT2D eigenvalue weighted by molar-refractivity contribution is 0.0997. The second-order valence-corrected chi connectivity index (χ2v) is 6.40. The number of benzene rings is 2. The fraction of sp³-hybridized carbons (Fsp3) is 0.0556. The Balaban J connectivity index is 1.70. The molecule has 5 nitrogen and oxygen atoms in total. The van der Waals surface area contributed by atoms with Gasteiger partial charge >= 0.3 is 0 Å². The summed E-state index contributed by atoms with van der Waals surface area (Å²) in [5, 5.41) is 3.62.